The van der Waals surface area contributed by atoms with Gasteiger partial charge < -0.3 is 5.32 Å². The molecule has 0 spiro atoms. The second-order valence-electron chi connectivity index (χ2n) is 5.04. The number of unbranched alkanes of at least 4 members (excludes halogenated alkanes) is 8. The maximum absolute atomic E-state index is 3.44. The second kappa shape index (κ2) is 11.1. The highest BCUT2D eigenvalue weighted by atomic mass is 14.9. The third kappa shape index (κ3) is 8.16. The number of anilines is 1. The van der Waals surface area contributed by atoms with Gasteiger partial charge in [0.15, 0.2) is 0 Å². The summed E-state index contributed by atoms with van der Waals surface area (Å²) in [7, 11) is 0. The van der Waals surface area contributed by atoms with Crippen LogP contribution in [-0.4, -0.2) is 6.54 Å². The van der Waals surface area contributed by atoms with Gasteiger partial charge in [0.05, 0.1) is 0 Å². The molecule has 0 atom stereocenters. The number of nitrogens with one attached hydrogen (secondary N) is 1. The molecule has 1 heteroatoms. The van der Waals surface area contributed by atoms with E-state index in [1.165, 1.54) is 63.5 Å². The zero-order valence-corrected chi connectivity index (χ0v) is 11.9. The lowest BCUT2D eigenvalue weighted by molar-refractivity contribution is 0.569. The molecule has 1 aromatic carbocycles. The highest BCUT2D eigenvalue weighted by molar-refractivity contribution is 5.41. The predicted octanol–water partition coefficient (Wildman–Crippen LogP) is 5.43. The Hall–Kier alpha value is -0.980. The van der Waals surface area contributed by atoms with Crippen molar-refractivity contribution in [1.82, 2.24) is 0 Å². The summed E-state index contributed by atoms with van der Waals surface area (Å²) in [5.41, 5.74) is 1.22. The van der Waals surface area contributed by atoms with Crippen molar-refractivity contribution in [3.05, 3.63) is 30.3 Å². The first-order chi connectivity index (χ1) is 8.93. The molecule has 0 aliphatic carbocycles. The first kappa shape index (κ1) is 15.1. The third-order valence-electron chi connectivity index (χ3n) is 3.33. The monoisotopic (exact) mass is 246 g/mol. The molecule has 1 radical (unpaired) electrons. The fourth-order valence-corrected chi connectivity index (χ4v) is 2.17. The van der Waals surface area contributed by atoms with E-state index in [-0.39, 0.29) is 0 Å². The molecular formula is C17H28N. The Balaban J connectivity index is 1.82. The van der Waals surface area contributed by atoms with E-state index in [1.54, 1.807) is 0 Å². The van der Waals surface area contributed by atoms with E-state index in [9.17, 15) is 0 Å². The average molecular weight is 246 g/mol. The van der Waals surface area contributed by atoms with Gasteiger partial charge in [0.25, 0.3) is 0 Å². The van der Waals surface area contributed by atoms with E-state index < -0.39 is 0 Å². The van der Waals surface area contributed by atoms with Crippen molar-refractivity contribution in [2.45, 2.75) is 64.7 Å². The Morgan fingerprint density at radius 3 is 2.00 bits per heavy atom. The van der Waals surface area contributed by atoms with Crippen LogP contribution in [0, 0.1) is 6.07 Å². The van der Waals surface area contributed by atoms with E-state index in [2.05, 4.69) is 30.4 Å². The normalized spacial score (nSPS) is 10.5. The van der Waals surface area contributed by atoms with Crippen LogP contribution in [0.25, 0.3) is 0 Å². The van der Waals surface area contributed by atoms with Crippen molar-refractivity contribution < 1.29 is 0 Å². The third-order valence-corrected chi connectivity index (χ3v) is 3.33. The zero-order chi connectivity index (χ0) is 12.9. The molecule has 0 aliphatic heterocycles. The Labute approximate surface area is 113 Å². The Morgan fingerprint density at radius 2 is 1.39 bits per heavy atom. The largest absolute Gasteiger partial charge is 0.385 e. The van der Waals surface area contributed by atoms with Crippen molar-refractivity contribution in [1.29, 1.82) is 0 Å². The smallest absolute Gasteiger partial charge is 0.0340 e. The molecule has 0 saturated heterocycles. The number of rotatable bonds is 11. The molecule has 18 heavy (non-hydrogen) atoms. The summed E-state index contributed by atoms with van der Waals surface area (Å²) < 4.78 is 0. The molecule has 0 heterocycles. The van der Waals surface area contributed by atoms with Crippen LogP contribution in [0.3, 0.4) is 0 Å². The van der Waals surface area contributed by atoms with Gasteiger partial charge >= 0.3 is 0 Å². The van der Waals surface area contributed by atoms with E-state index in [1.807, 2.05) is 12.1 Å². The van der Waals surface area contributed by atoms with Gasteiger partial charge in [-0.25, -0.2) is 0 Å². The zero-order valence-electron chi connectivity index (χ0n) is 11.9. The number of benzene rings is 1. The fraction of sp³-hybridized carbons (Fsp3) is 0.647. The second-order valence-corrected chi connectivity index (χ2v) is 5.04. The molecule has 1 aromatic rings. The average Bonchev–Trinajstić information content (AvgIpc) is 2.42. The first-order valence-corrected chi connectivity index (χ1v) is 7.63. The van der Waals surface area contributed by atoms with Crippen LogP contribution in [0.4, 0.5) is 5.69 Å². The summed E-state index contributed by atoms with van der Waals surface area (Å²) in [5, 5.41) is 3.44. The Kier molecular flexibility index (Phi) is 9.32. The van der Waals surface area contributed by atoms with Crippen molar-refractivity contribution in [2.75, 3.05) is 11.9 Å². The summed E-state index contributed by atoms with van der Waals surface area (Å²) in [4.78, 5) is 0. The molecular weight excluding hydrogens is 218 g/mol. The Bertz CT molecular complexity index is 268. The summed E-state index contributed by atoms with van der Waals surface area (Å²) in [6, 6.07) is 11.1. The van der Waals surface area contributed by atoms with Gasteiger partial charge in [-0.3, -0.25) is 0 Å². The van der Waals surface area contributed by atoms with Gasteiger partial charge in [0.1, 0.15) is 0 Å². The summed E-state index contributed by atoms with van der Waals surface area (Å²) >= 11 is 0. The summed E-state index contributed by atoms with van der Waals surface area (Å²) in [5.74, 6) is 0. The van der Waals surface area contributed by atoms with Crippen LogP contribution >= 0.6 is 0 Å². The first-order valence-electron chi connectivity index (χ1n) is 7.63. The molecule has 1 N–H and O–H groups in total. The summed E-state index contributed by atoms with van der Waals surface area (Å²) in [6.07, 6.45) is 12.5. The van der Waals surface area contributed by atoms with Crippen LogP contribution in [0.5, 0.6) is 0 Å². The van der Waals surface area contributed by atoms with Gasteiger partial charge in [-0.2, -0.15) is 0 Å². The lowest BCUT2D eigenvalue weighted by Gasteiger charge is -2.05. The topological polar surface area (TPSA) is 12.0 Å². The molecule has 0 bridgehead atoms. The number of hydrogen-bond acceptors (Lipinski definition) is 1. The van der Waals surface area contributed by atoms with Gasteiger partial charge in [0.2, 0.25) is 0 Å². The lowest BCUT2D eigenvalue weighted by atomic mass is 10.1. The van der Waals surface area contributed by atoms with Crippen molar-refractivity contribution in [3.63, 3.8) is 0 Å². The minimum atomic E-state index is 1.10. The molecule has 0 amide bonds. The van der Waals surface area contributed by atoms with Gasteiger partial charge in [-0.15, -0.1) is 0 Å². The van der Waals surface area contributed by atoms with Crippen molar-refractivity contribution in [3.8, 4) is 0 Å². The van der Waals surface area contributed by atoms with Crippen LogP contribution in [0.1, 0.15) is 64.7 Å². The summed E-state index contributed by atoms with van der Waals surface area (Å²) in [6.45, 7) is 3.37. The van der Waals surface area contributed by atoms with Crippen LogP contribution < -0.4 is 5.32 Å². The van der Waals surface area contributed by atoms with Gasteiger partial charge in [-0.1, -0.05) is 70.4 Å². The fourth-order valence-electron chi connectivity index (χ4n) is 2.17. The molecule has 0 aliphatic rings. The van der Waals surface area contributed by atoms with Crippen molar-refractivity contribution in [2.24, 2.45) is 0 Å². The maximum Gasteiger partial charge on any atom is 0.0340 e. The van der Waals surface area contributed by atoms with E-state index >= 15 is 0 Å². The molecule has 0 saturated carbocycles. The molecule has 0 unspecified atom stereocenters. The SMILES string of the molecule is CCCCCCCCCCCNc1cc[c]cc1. The van der Waals surface area contributed by atoms with Crippen LogP contribution in [0.2, 0.25) is 0 Å². The molecule has 1 rings (SSSR count). The van der Waals surface area contributed by atoms with Crippen molar-refractivity contribution >= 4 is 5.69 Å². The Morgan fingerprint density at radius 1 is 0.833 bits per heavy atom. The van der Waals surface area contributed by atoms with E-state index in [0.717, 1.165) is 6.54 Å². The van der Waals surface area contributed by atoms with E-state index in [4.69, 9.17) is 0 Å². The van der Waals surface area contributed by atoms with Crippen LogP contribution in [0.15, 0.2) is 24.3 Å². The van der Waals surface area contributed by atoms with Crippen LogP contribution in [-0.2, 0) is 0 Å². The molecule has 1 nitrogen and oxygen atoms in total. The lowest BCUT2D eigenvalue weighted by Crippen LogP contribution is -2.00. The molecule has 101 valence electrons. The molecule has 0 fully saturated rings. The highest BCUT2D eigenvalue weighted by Gasteiger charge is 1.93. The number of hydrogen-bond donors (Lipinski definition) is 1. The highest BCUT2D eigenvalue weighted by Crippen LogP contribution is 2.10. The maximum atomic E-state index is 3.44. The predicted molar refractivity (Wildman–Crippen MR) is 81.0 cm³/mol. The standard InChI is InChI=1S/C17H28N/c1-2-3-4-5-6-7-8-9-13-16-18-17-14-11-10-12-15-17/h11-12,14-15,18H,2-9,13,16H2,1H3. The minimum absolute atomic E-state index is 1.10. The minimum Gasteiger partial charge on any atom is -0.385 e. The quantitative estimate of drug-likeness (QED) is 0.513. The molecule has 0 aromatic heterocycles. The van der Waals surface area contributed by atoms with E-state index in [0.29, 0.717) is 0 Å². The van der Waals surface area contributed by atoms with Gasteiger partial charge in [-0.05, 0) is 24.6 Å². The van der Waals surface area contributed by atoms with Gasteiger partial charge in [0, 0.05) is 12.2 Å².